The summed E-state index contributed by atoms with van der Waals surface area (Å²) >= 11 is 0. The summed E-state index contributed by atoms with van der Waals surface area (Å²) in [6.07, 6.45) is 34.3. The number of aryl methyl sites for hydroxylation is 1. The van der Waals surface area contributed by atoms with Gasteiger partial charge in [0.1, 0.15) is 34.0 Å². The molecule has 0 bridgehead atoms. The highest BCUT2D eigenvalue weighted by atomic mass is 16.3. The number of allylic oxidation sites excluding steroid dienone is 14. The molecule has 0 saturated carbocycles. The first kappa shape index (κ1) is 44.8. The van der Waals surface area contributed by atoms with E-state index in [0.29, 0.717) is 17.9 Å². The van der Waals surface area contributed by atoms with Gasteiger partial charge in [-0.15, -0.1) is 0 Å². The zero-order chi connectivity index (χ0) is 45.7. The zero-order valence-electron chi connectivity index (χ0n) is 37.4. The van der Waals surface area contributed by atoms with Crippen molar-refractivity contribution >= 4 is 87.2 Å². The molecule has 4 heteroatoms. The Balaban J connectivity index is 0.000000822. The third-order valence-electron chi connectivity index (χ3n) is 11.1. The fourth-order valence-electron chi connectivity index (χ4n) is 8.00. The van der Waals surface area contributed by atoms with E-state index in [1.54, 1.807) is 24.3 Å². The normalized spacial score (nSPS) is 16.8. The molecule has 4 nitrogen and oxygen atoms in total. The smallest absolute Gasteiger partial charge is 0.135 e. The number of para-hydroxylation sites is 1. The van der Waals surface area contributed by atoms with E-state index in [1.165, 1.54) is 5.56 Å². The van der Waals surface area contributed by atoms with Crippen molar-refractivity contribution in [1.29, 1.82) is 0 Å². The number of aliphatic imine (C=N–C) groups is 1. The van der Waals surface area contributed by atoms with Crippen LogP contribution in [0.25, 0.3) is 80.5 Å². The van der Waals surface area contributed by atoms with Gasteiger partial charge in [-0.25, -0.2) is 0 Å². The molecule has 0 atom stereocenters. The molecule has 4 aromatic carbocycles. The average Bonchev–Trinajstić information content (AvgIpc) is 3.99. The lowest BCUT2D eigenvalue weighted by Crippen LogP contribution is -1.97. The Morgan fingerprint density at radius 2 is 1.31 bits per heavy atom. The van der Waals surface area contributed by atoms with Crippen LogP contribution >= 0.6 is 0 Å². The highest BCUT2D eigenvalue weighted by Crippen LogP contribution is 2.40. The van der Waals surface area contributed by atoms with Crippen molar-refractivity contribution in [3.8, 4) is 0 Å². The van der Waals surface area contributed by atoms with Gasteiger partial charge in [-0.1, -0.05) is 178 Å². The maximum absolute atomic E-state index is 6.38. The first-order chi connectivity index (χ1) is 31.8. The molecule has 0 radical (unpaired) electrons. The Labute approximate surface area is 382 Å². The quantitative estimate of drug-likeness (QED) is 0.0909. The number of hydrogen-bond acceptors (Lipinski definition) is 4. The molecular weight excluding hydrogens is 795 g/mol. The Morgan fingerprint density at radius 1 is 0.646 bits per heavy atom. The number of hydrogen-bond donors (Lipinski definition) is 0. The lowest BCUT2D eigenvalue weighted by Gasteiger charge is -2.18. The topological polar surface area (TPSA) is 51.8 Å². The minimum Gasteiger partial charge on any atom is -0.456 e. The Kier molecular flexibility index (Phi) is 14.7. The molecule has 7 aromatic rings. The molecule has 3 aromatic heterocycles. The largest absolute Gasteiger partial charge is 0.456 e. The van der Waals surface area contributed by atoms with Crippen molar-refractivity contribution in [2.75, 3.05) is 0 Å². The van der Waals surface area contributed by atoms with E-state index < -0.39 is 0 Å². The van der Waals surface area contributed by atoms with Crippen LogP contribution in [0, 0.1) is 6.92 Å². The molecule has 0 fully saturated rings. The summed E-state index contributed by atoms with van der Waals surface area (Å²) in [6.45, 7) is 26.0. The SMILES string of the molecule is C=C/C=C(C=C)/C(=C/CC1=C(c2ccc3oc4ccccc4c3c2)/C=C/C=C/c2c(oc(C=C)c2/C=C\C)\C=C/C=C\1c1ccc2oc(C=C)c(/C=C\C)c2c1)N=C.Cc1ccccc1. The maximum atomic E-state index is 6.38. The number of furan rings is 3. The van der Waals surface area contributed by atoms with E-state index in [1.807, 2.05) is 80.6 Å². The molecule has 1 aliphatic carbocycles. The van der Waals surface area contributed by atoms with E-state index in [4.69, 9.17) is 13.3 Å². The van der Waals surface area contributed by atoms with Gasteiger partial charge in [0, 0.05) is 32.8 Å². The molecule has 1 aliphatic rings. The van der Waals surface area contributed by atoms with Crippen molar-refractivity contribution in [3.63, 3.8) is 0 Å². The van der Waals surface area contributed by atoms with E-state index >= 15 is 0 Å². The van der Waals surface area contributed by atoms with Crippen LogP contribution in [0.1, 0.15) is 70.9 Å². The Morgan fingerprint density at radius 3 is 2.00 bits per heavy atom. The minimum atomic E-state index is 0.491. The number of nitrogens with zero attached hydrogens (tertiary/aromatic N) is 1. The van der Waals surface area contributed by atoms with Crippen LogP contribution in [-0.4, -0.2) is 6.72 Å². The number of benzene rings is 4. The lowest BCUT2D eigenvalue weighted by atomic mass is 9.86. The zero-order valence-corrected chi connectivity index (χ0v) is 37.4. The lowest BCUT2D eigenvalue weighted by molar-refractivity contribution is 0.546. The molecule has 0 unspecified atom stereocenters. The van der Waals surface area contributed by atoms with Crippen LogP contribution in [0.5, 0.6) is 0 Å². The van der Waals surface area contributed by atoms with Crippen molar-refractivity contribution in [1.82, 2.24) is 0 Å². The summed E-state index contributed by atoms with van der Waals surface area (Å²) in [4.78, 5) is 4.44. The highest BCUT2D eigenvalue weighted by molar-refractivity contribution is 6.07. The van der Waals surface area contributed by atoms with E-state index in [-0.39, 0.29) is 0 Å². The van der Waals surface area contributed by atoms with Gasteiger partial charge in [0.25, 0.3) is 0 Å². The summed E-state index contributed by atoms with van der Waals surface area (Å²) < 4.78 is 18.9. The van der Waals surface area contributed by atoms with Gasteiger partial charge in [-0.3, -0.25) is 4.99 Å². The van der Waals surface area contributed by atoms with Crippen LogP contribution in [-0.2, 0) is 0 Å². The first-order valence-electron chi connectivity index (χ1n) is 21.6. The van der Waals surface area contributed by atoms with Crippen molar-refractivity contribution in [3.05, 3.63) is 252 Å². The van der Waals surface area contributed by atoms with E-state index in [9.17, 15) is 0 Å². The van der Waals surface area contributed by atoms with Crippen LogP contribution in [0.15, 0.2) is 219 Å². The van der Waals surface area contributed by atoms with Gasteiger partial charge in [-0.05, 0) is 116 Å². The predicted octanol–water partition coefficient (Wildman–Crippen LogP) is 17.7. The molecule has 8 rings (SSSR count). The molecule has 320 valence electrons. The molecule has 65 heavy (non-hydrogen) atoms. The second-order valence-corrected chi connectivity index (χ2v) is 15.2. The highest BCUT2D eigenvalue weighted by Gasteiger charge is 2.19. The average molecular weight is 848 g/mol. The summed E-state index contributed by atoms with van der Waals surface area (Å²) in [5.41, 5.74) is 13.3. The molecule has 0 aliphatic heterocycles. The number of rotatable bonds is 12. The van der Waals surface area contributed by atoms with Crippen LogP contribution in [0.4, 0.5) is 0 Å². The van der Waals surface area contributed by atoms with Crippen molar-refractivity contribution < 1.29 is 13.3 Å². The molecule has 0 N–H and O–H groups in total. The molecule has 3 heterocycles. The van der Waals surface area contributed by atoms with Crippen molar-refractivity contribution in [2.24, 2.45) is 4.99 Å². The minimum absolute atomic E-state index is 0.491. The molecular formula is C61H53NO3. The second-order valence-electron chi connectivity index (χ2n) is 15.2. The number of fused-ring (bicyclic) bond motifs is 5. The van der Waals surface area contributed by atoms with Gasteiger partial charge in [0.15, 0.2) is 0 Å². The van der Waals surface area contributed by atoms with E-state index in [0.717, 1.165) is 94.5 Å². The third kappa shape index (κ3) is 9.88. The van der Waals surface area contributed by atoms with Gasteiger partial charge < -0.3 is 13.3 Å². The van der Waals surface area contributed by atoms with Crippen LogP contribution < -0.4 is 0 Å². The third-order valence-corrected chi connectivity index (χ3v) is 11.1. The van der Waals surface area contributed by atoms with Gasteiger partial charge in [-0.2, -0.15) is 0 Å². The fourth-order valence-corrected chi connectivity index (χ4v) is 8.00. The fraction of sp³-hybridized carbons (Fsp3) is 0.0656. The molecule has 0 saturated heterocycles. The van der Waals surface area contributed by atoms with Gasteiger partial charge >= 0.3 is 0 Å². The van der Waals surface area contributed by atoms with Gasteiger partial charge in [0.2, 0.25) is 0 Å². The van der Waals surface area contributed by atoms with Crippen LogP contribution in [0.2, 0.25) is 0 Å². The summed E-state index contributed by atoms with van der Waals surface area (Å²) in [5.74, 6) is 2.16. The Bertz CT molecular complexity index is 3220. The summed E-state index contributed by atoms with van der Waals surface area (Å²) in [7, 11) is 0. The van der Waals surface area contributed by atoms with Gasteiger partial charge in [0.05, 0.1) is 5.70 Å². The standard InChI is InChI=1S/C54H45NO3.C7H8/c1-8-19-36(11-4)48(55-7)31-30-41-39(37-29-33-54-47(35-37)45-24-16-17-26-51(45)58-54)22-14-15-23-44-42(20-9-2)49(12-5)56-52(44)27-18-25-40(41)38-28-32-53-46(34-38)43(21-10-3)50(13-6)57-53;1-7-5-3-2-4-6-7/h8-29,31-35H,1,4-7,30H2,2-3H3;2-6H,1H3/b15-14?,20-9-,21-10-,22-14+,23-15+,25-18?,27-18-,36-19+,39-22?,40-25-,41-39+,41-40?,44-23?,48-31-,52-27?;. The van der Waals surface area contributed by atoms with Crippen molar-refractivity contribution in [2.45, 2.75) is 27.2 Å². The molecule has 0 spiro atoms. The van der Waals surface area contributed by atoms with Crippen LogP contribution in [0.3, 0.4) is 0 Å². The predicted molar refractivity (Wildman–Crippen MR) is 282 cm³/mol. The molecule has 0 amide bonds. The first-order valence-corrected chi connectivity index (χ1v) is 21.6. The monoisotopic (exact) mass is 847 g/mol. The van der Waals surface area contributed by atoms with E-state index in [2.05, 4.69) is 148 Å². The second kappa shape index (κ2) is 21.2. The maximum Gasteiger partial charge on any atom is 0.135 e. The summed E-state index contributed by atoms with van der Waals surface area (Å²) in [6, 6.07) is 31.2. The summed E-state index contributed by atoms with van der Waals surface area (Å²) in [5, 5.41) is 3.08. The Hall–Kier alpha value is -8.21.